The zero-order valence-electron chi connectivity index (χ0n) is 21.6. The quantitative estimate of drug-likeness (QED) is 0.199. The Bertz CT molecular complexity index is 1240. The molecule has 0 spiro atoms. The summed E-state index contributed by atoms with van der Waals surface area (Å²) in [5, 5.41) is 29.3. The van der Waals surface area contributed by atoms with E-state index in [-0.39, 0.29) is 48.8 Å². The molecule has 39 heavy (non-hydrogen) atoms. The van der Waals surface area contributed by atoms with Gasteiger partial charge in [-0.25, -0.2) is 0 Å². The molecule has 3 aliphatic rings. The first-order chi connectivity index (χ1) is 17.5. The van der Waals surface area contributed by atoms with Crippen molar-refractivity contribution in [2.45, 2.75) is 52.3 Å². The Kier molecular flexibility index (Phi) is 12.4. The molecule has 0 radical (unpaired) electrons. The fourth-order valence-corrected chi connectivity index (χ4v) is 4.00. The first-order valence-electron chi connectivity index (χ1n) is 11.6. The van der Waals surface area contributed by atoms with Gasteiger partial charge in [0.2, 0.25) is 5.69 Å². The zero-order valence-corrected chi connectivity index (χ0v) is 23.3. The van der Waals surface area contributed by atoms with Crippen LogP contribution in [0.4, 0.5) is 5.69 Å². The molecule has 1 aliphatic carbocycles. The van der Waals surface area contributed by atoms with Crippen molar-refractivity contribution in [3.63, 3.8) is 0 Å². The van der Waals surface area contributed by atoms with E-state index in [4.69, 9.17) is 34.3 Å². The minimum Gasteiger partial charge on any atom is -0.550 e. The van der Waals surface area contributed by atoms with Gasteiger partial charge in [-0.3, -0.25) is 20.1 Å². The molecule has 3 atom stereocenters. The average molecular weight is 629 g/mol. The fraction of sp³-hybridized carbons (Fsp3) is 0.385. The van der Waals surface area contributed by atoms with E-state index in [2.05, 4.69) is 37.0 Å². The number of nitrogens with zero attached hydrogens (tertiary/aromatic N) is 3. The molecule has 2 N–H and O–H groups in total. The van der Waals surface area contributed by atoms with Gasteiger partial charge in [-0.1, -0.05) is 49.2 Å². The second-order valence-electron chi connectivity index (χ2n) is 8.90. The normalized spacial score (nSPS) is 19.5. The number of hydrogen-bond donors (Lipinski definition) is 0. The molecule has 210 valence electrons. The van der Waals surface area contributed by atoms with E-state index < -0.39 is 16.9 Å². The maximum Gasteiger partial charge on any atom is 3.00 e. The van der Waals surface area contributed by atoms with Crippen LogP contribution in [0.15, 0.2) is 46.4 Å². The minimum absolute atomic E-state index is 0. The Morgan fingerprint density at radius 1 is 1.05 bits per heavy atom. The molecular formula is C26H28N3O9Rh. The molecular weight excluding hydrogens is 601 g/mol. The molecule has 0 unspecified atom stereocenters. The van der Waals surface area contributed by atoms with Crippen molar-refractivity contribution in [3.8, 4) is 0 Å². The second kappa shape index (κ2) is 14.5. The third-order valence-electron chi connectivity index (χ3n) is 5.64. The molecule has 5 rings (SSSR count). The molecule has 0 saturated carbocycles. The number of fused-ring (bicyclic) bond motifs is 3. The maximum absolute atomic E-state index is 11.5. The van der Waals surface area contributed by atoms with Crippen molar-refractivity contribution >= 4 is 29.4 Å². The SMILES string of the molecule is CC(=O)[O-].CC(=O)[O-].CC(C)[C@H]1COC(c2[c-]c(C3=N[C@H]4c5ccccc5C[C@H]4O3)cc([N+](=O)[O-])c2)=N1.O.[Rh+3]. The number of nitro groups is 1. The number of non-ortho nitro benzene ring substituents is 1. The Morgan fingerprint density at radius 3 is 2.15 bits per heavy atom. The summed E-state index contributed by atoms with van der Waals surface area (Å²) in [5.41, 5.74) is 3.25. The van der Waals surface area contributed by atoms with Gasteiger partial charge in [-0.2, -0.15) is 0 Å². The molecule has 2 aromatic carbocycles. The molecule has 2 heterocycles. The van der Waals surface area contributed by atoms with Crippen molar-refractivity contribution in [2.24, 2.45) is 15.9 Å². The molecule has 0 saturated heterocycles. The van der Waals surface area contributed by atoms with Crippen LogP contribution in [0.3, 0.4) is 0 Å². The molecule has 0 amide bonds. The third-order valence-corrected chi connectivity index (χ3v) is 5.64. The summed E-state index contributed by atoms with van der Waals surface area (Å²) in [6.07, 6.45) is 0.700. The Hall–Kier alpha value is -3.70. The van der Waals surface area contributed by atoms with Crippen LogP contribution >= 0.6 is 0 Å². The first kappa shape index (κ1) is 33.3. The number of hydrogen-bond acceptors (Lipinski definition) is 10. The maximum atomic E-state index is 11.5. The monoisotopic (exact) mass is 629 g/mol. The summed E-state index contributed by atoms with van der Waals surface area (Å²) in [6.45, 7) is 6.55. The summed E-state index contributed by atoms with van der Waals surface area (Å²) in [6, 6.07) is 14.2. The Labute approximate surface area is 238 Å². The number of aliphatic carboxylic acids is 2. The standard InChI is InChI=1S/C22H20N3O4.2C2H4O2.H2O.Rh/c1-12(2)18-11-28-21(23-18)14-7-15(9-16(8-14)25(26)27)22-24-20-17-6-4-3-5-13(17)10-19(20)29-22;2*1-2(3)4;;/h3-6,8-9,12,18-20H,10-11H2,1-2H3;2*1H3,(H,3,4);1H2;/q-1;;;;+3/p-2/t18-,19-,20+;;;;/m1..../s1. The number of rotatable bonds is 4. The topological polar surface area (TPSA) is 198 Å². The van der Waals surface area contributed by atoms with Crippen LogP contribution < -0.4 is 10.2 Å². The number of ether oxygens (including phenoxy) is 2. The largest absolute Gasteiger partial charge is 3.00 e. The number of carbonyl (C=O) groups excluding carboxylic acids is 2. The number of nitro benzene ring substituents is 1. The number of carboxylic acids is 2. The van der Waals surface area contributed by atoms with Gasteiger partial charge < -0.3 is 34.8 Å². The smallest absolute Gasteiger partial charge is 0.550 e. The van der Waals surface area contributed by atoms with Gasteiger partial charge in [0.1, 0.15) is 30.5 Å². The fourth-order valence-electron chi connectivity index (χ4n) is 4.00. The second-order valence-corrected chi connectivity index (χ2v) is 8.90. The van der Waals surface area contributed by atoms with Gasteiger partial charge >= 0.3 is 19.5 Å². The molecule has 12 nitrogen and oxygen atoms in total. The van der Waals surface area contributed by atoms with Crippen molar-refractivity contribution in [3.05, 3.63) is 74.8 Å². The first-order valence-corrected chi connectivity index (χ1v) is 11.6. The molecule has 2 aromatic rings. The predicted molar refractivity (Wildman–Crippen MR) is 132 cm³/mol. The van der Waals surface area contributed by atoms with E-state index in [1.54, 1.807) is 0 Å². The van der Waals surface area contributed by atoms with Crippen LogP contribution in [0.25, 0.3) is 0 Å². The summed E-state index contributed by atoms with van der Waals surface area (Å²) < 4.78 is 11.8. The summed E-state index contributed by atoms with van der Waals surface area (Å²) in [4.78, 5) is 38.2. The Morgan fingerprint density at radius 2 is 1.62 bits per heavy atom. The number of benzene rings is 2. The molecule has 0 bridgehead atoms. The van der Waals surface area contributed by atoms with Crippen LogP contribution in [0.1, 0.15) is 56.0 Å². The number of carbonyl (C=O) groups is 2. The summed E-state index contributed by atoms with van der Waals surface area (Å²) in [5.74, 6) is -1.07. The van der Waals surface area contributed by atoms with Crippen LogP contribution in [0.5, 0.6) is 0 Å². The summed E-state index contributed by atoms with van der Waals surface area (Å²) >= 11 is 0. The number of carboxylic acid groups (broad SMARTS) is 2. The van der Waals surface area contributed by atoms with E-state index >= 15 is 0 Å². The number of aliphatic imine (C=N–C) groups is 2. The van der Waals surface area contributed by atoms with E-state index in [0.29, 0.717) is 35.4 Å². The third kappa shape index (κ3) is 8.66. The van der Waals surface area contributed by atoms with Gasteiger partial charge in [0, 0.05) is 23.3 Å². The summed E-state index contributed by atoms with van der Waals surface area (Å²) in [7, 11) is 0. The van der Waals surface area contributed by atoms with Crippen LogP contribution in [-0.2, 0) is 45.0 Å². The van der Waals surface area contributed by atoms with Gasteiger partial charge in [-0.05, 0) is 43.0 Å². The van der Waals surface area contributed by atoms with Crippen LogP contribution in [0, 0.1) is 22.1 Å². The molecule has 13 heteroatoms. The Balaban J connectivity index is 0.000000677. The van der Waals surface area contributed by atoms with Crippen LogP contribution in [0.2, 0.25) is 0 Å². The van der Waals surface area contributed by atoms with Crippen molar-refractivity contribution in [1.82, 2.24) is 0 Å². The van der Waals surface area contributed by atoms with Gasteiger partial charge in [0.25, 0.3) is 0 Å². The van der Waals surface area contributed by atoms with E-state index in [0.717, 1.165) is 25.8 Å². The van der Waals surface area contributed by atoms with Crippen LogP contribution in [-0.4, -0.2) is 52.9 Å². The average Bonchev–Trinajstić information content (AvgIpc) is 3.53. The minimum atomic E-state index is -1.08. The van der Waals surface area contributed by atoms with Crippen molar-refractivity contribution in [1.29, 1.82) is 0 Å². The zero-order chi connectivity index (χ0) is 27.3. The van der Waals surface area contributed by atoms with E-state index in [9.17, 15) is 10.1 Å². The predicted octanol–water partition coefficient (Wildman–Crippen LogP) is 0.324. The van der Waals surface area contributed by atoms with Gasteiger partial charge in [0.15, 0.2) is 0 Å². The van der Waals surface area contributed by atoms with Gasteiger partial charge in [-0.15, -0.1) is 6.07 Å². The van der Waals surface area contributed by atoms with Gasteiger partial charge in [0.05, 0.1) is 6.04 Å². The van der Waals surface area contributed by atoms with E-state index in [1.165, 1.54) is 17.7 Å². The molecule has 0 aromatic heterocycles. The van der Waals surface area contributed by atoms with Crippen molar-refractivity contribution in [2.75, 3.05) is 6.61 Å². The van der Waals surface area contributed by atoms with E-state index in [1.807, 2.05) is 12.1 Å². The molecule has 0 fully saturated rings. The van der Waals surface area contributed by atoms with Crippen molar-refractivity contribution < 1.29 is 59.2 Å². The molecule has 2 aliphatic heterocycles.